The summed E-state index contributed by atoms with van der Waals surface area (Å²) in [5.74, 6) is -0.844. The largest absolute Gasteiger partial charge is 0.481 e. The van der Waals surface area contributed by atoms with Crippen LogP contribution >= 0.6 is 0 Å². The number of aryl methyl sites for hydroxylation is 1. The number of ether oxygens (including phenoxy) is 1. The molecule has 0 radical (unpaired) electrons. The molecule has 0 unspecified atom stereocenters. The lowest BCUT2D eigenvalue weighted by Crippen LogP contribution is -2.45. The van der Waals surface area contributed by atoms with Gasteiger partial charge in [-0.05, 0) is 45.6 Å². The second-order valence-electron chi connectivity index (χ2n) is 5.88. The van der Waals surface area contributed by atoms with E-state index in [1.54, 1.807) is 11.5 Å². The third kappa shape index (κ3) is 3.15. The van der Waals surface area contributed by atoms with Gasteiger partial charge in [-0.1, -0.05) is 0 Å². The molecule has 1 N–H and O–H groups in total. The smallest absolute Gasteiger partial charge is 0.348 e. The summed E-state index contributed by atoms with van der Waals surface area (Å²) >= 11 is 0. The third-order valence-corrected chi connectivity index (χ3v) is 4.36. The van der Waals surface area contributed by atoms with E-state index in [2.05, 4.69) is 4.98 Å². The molecule has 0 spiro atoms. The molecule has 1 aliphatic rings. The number of hydrogen-bond acceptors (Lipinski definition) is 4. The van der Waals surface area contributed by atoms with Crippen LogP contribution < -0.4 is 5.69 Å². The Morgan fingerprint density at radius 1 is 1.38 bits per heavy atom. The summed E-state index contributed by atoms with van der Waals surface area (Å²) in [5.41, 5.74) is 1.76. The van der Waals surface area contributed by atoms with Crippen LogP contribution in [0.4, 0.5) is 0 Å². The molecule has 2 rings (SSSR count). The Morgan fingerprint density at radius 2 is 2.00 bits per heavy atom. The Kier molecular flexibility index (Phi) is 4.46. The maximum Gasteiger partial charge on any atom is 0.348 e. The summed E-state index contributed by atoms with van der Waals surface area (Å²) in [6.45, 7) is 6.94. The number of nitrogens with zero attached hydrogens (tertiary/aromatic N) is 2. The van der Waals surface area contributed by atoms with Gasteiger partial charge in [0.1, 0.15) is 0 Å². The van der Waals surface area contributed by atoms with Gasteiger partial charge in [0.2, 0.25) is 0 Å². The Morgan fingerprint density at radius 3 is 2.57 bits per heavy atom. The highest BCUT2D eigenvalue weighted by molar-refractivity contribution is 5.67. The summed E-state index contributed by atoms with van der Waals surface area (Å²) in [6, 6.07) is 0. The number of rotatable bonds is 4. The quantitative estimate of drug-likeness (QED) is 0.908. The summed E-state index contributed by atoms with van der Waals surface area (Å²) in [5, 5.41) is 8.87. The number of aromatic nitrogens is 2. The molecule has 1 aliphatic heterocycles. The van der Waals surface area contributed by atoms with E-state index in [1.807, 2.05) is 13.8 Å². The Labute approximate surface area is 123 Å². The van der Waals surface area contributed by atoms with Gasteiger partial charge in [-0.2, -0.15) is 4.98 Å². The minimum atomic E-state index is -0.844. The van der Waals surface area contributed by atoms with Crippen molar-refractivity contribution in [3.63, 3.8) is 0 Å². The Balaban J connectivity index is 2.48. The van der Waals surface area contributed by atoms with E-state index in [0.717, 1.165) is 24.1 Å². The molecule has 0 atom stereocenters. The van der Waals surface area contributed by atoms with Crippen molar-refractivity contribution in [1.29, 1.82) is 0 Å². The zero-order chi connectivity index (χ0) is 15.6. The Bertz CT molecular complexity index is 600. The van der Waals surface area contributed by atoms with Gasteiger partial charge in [-0.3, -0.25) is 9.36 Å². The average Bonchev–Trinajstić information content (AvgIpc) is 2.37. The maximum absolute atomic E-state index is 12.4. The van der Waals surface area contributed by atoms with E-state index in [1.165, 1.54) is 0 Å². The third-order valence-electron chi connectivity index (χ3n) is 4.36. The summed E-state index contributed by atoms with van der Waals surface area (Å²) in [7, 11) is 0. The van der Waals surface area contributed by atoms with E-state index < -0.39 is 5.97 Å². The first kappa shape index (κ1) is 15.7. The summed E-state index contributed by atoms with van der Waals surface area (Å²) in [4.78, 5) is 27.3. The van der Waals surface area contributed by atoms with Crippen molar-refractivity contribution >= 4 is 5.97 Å². The van der Waals surface area contributed by atoms with Gasteiger partial charge in [0, 0.05) is 31.0 Å². The van der Waals surface area contributed by atoms with Crippen LogP contribution in [0.25, 0.3) is 0 Å². The molecule has 0 aliphatic carbocycles. The first-order valence-electron chi connectivity index (χ1n) is 7.24. The molecule has 1 aromatic heterocycles. The topological polar surface area (TPSA) is 81.4 Å². The highest BCUT2D eigenvalue weighted by Crippen LogP contribution is 2.29. The maximum atomic E-state index is 12.4. The van der Waals surface area contributed by atoms with Crippen molar-refractivity contribution < 1.29 is 14.6 Å². The number of carbonyl (C=O) groups is 1. The van der Waals surface area contributed by atoms with Crippen LogP contribution in [0.1, 0.15) is 43.1 Å². The first-order valence-corrected chi connectivity index (χ1v) is 7.24. The molecule has 1 saturated heterocycles. The van der Waals surface area contributed by atoms with Crippen molar-refractivity contribution in [3.8, 4) is 0 Å². The highest BCUT2D eigenvalue weighted by atomic mass is 16.5. The minimum absolute atomic E-state index is 0.0430. The molecule has 0 saturated carbocycles. The minimum Gasteiger partial charge on any atom is -0.481 e. The summed E-state index contributed by atoms with van der Waals surface area (Å²) < 4.78 is 7.12. The van der Waals surface area contributed by atoms with E-state index in [-0.39, 0.29) is 17.6 Å². The van der Waals surface area contributed by atoms with E-state index in [9.17, 15) is 9.59 Å². The van der Waals surface area contributed by atoms with E-state index in [4.69, 9.17) is 9.84 Å². The molecular formula is C15H22N2O4. The zero-order valence-corrected chi connectivity index (χ0v) is 12.8. The van der Waals surface area contributed by atoms with Crippen LogP contribution in [-0.4, -0.2) is 33.8 Å². The SMILES string of the molecule is Cc1nc(=O)n(C2(C)CCOCC2)c(C)c1CCC(=O)O. The molecule has 1 fully saturated rings. The lowest BCUT2D eigenvalue weighted by atomic mass is 9.91. The van der Waals surface area contributed by atoms with Crippen molar-refractivity contribution in [1.82, 2.24) is 9.55 Å². The van der Waals surface area contributed by atoms with Crippen molar-refractivity contribution in [2.24, 2.45) is 0 Å². The highest BCUT2D eigenvalue weighted by Gasteiger charge is 2.32. The zero-order valence-electron chi connectivity index (χ0n) is 12.8. The van der Waals surface area contributed by atoms with Crippen molar-refractivity contribution in [2.75, 3.05) is 13.2 Å². The predicted molar refractivity (Wildman–Crippen MR) is 77.6 cm³/mol. The fourth-order valence-electron chi connectivity index (χ4n) is 3.07. The molecule has 6 heteroatoms. The van der Waals surface area contributed by atoms with E-state index in [0.29, 0.717) is 25.3 Å². The number of hydrogen-bond donors (Lipinski definition) is 1. The first-order chi connectivity index (χ1) is 9.85. The monoisotopic (exact) mass is 294 g/mol. The van der Waals surface area contributed by atoms with Crippen LogP contribution in [0.3, 0.4) is 0 Å². The molecule has 0 aromatic carbocycles. The molecule has 1 aromatic rings. The Hall–Kier alpha value is -1.69. The van der Waals surface area contributed by atoms with Crippen LogP contribution in [0, 0.1) is 13.8 Å². The second-order valence-corrected chi connectivity index (χ2v) is 5.88. The van der Waals surface area contributed by atoms with Gasteiger partial charge < -0.3 is 9.84 Å². The predicted octanol–water partition coefficient (Wildman–Crippen LogP) is 1.40. The van der Waals surface area contributed by atoms with Gasteiger partial charge >= 0.3 is 11.7 Å². The molecular weight excluding hydrogens is 272 g/mol. The lowest BCUT2D eigenvalue weighted by molar-refractivity contribution is -0.136. The molecule has 2 heterocycles. The second kappa shape index (κ2) is 5.97. The van der Waals surface area contributed by atoms with Crippen molar-refractivity contribution in [3.05, 3.63) is 27.4 Å². The molecule has 116 valence electrons. The fourth-order valence-corrected chi connectivity index (χ4v) is 3.07. The molecule has 21 heavy (non-hydrogen) atoms. The van der Waals surface area contributed by atoms with Crippen LogP contribution in [0.2, 0.25) is 0 Å². The van der Waals surface area contributed by atoms with Gasteiger partial charge in [-0.15, -0.1) is 0 Å². The fraction of sp³-hybridized carbons (Fsp3) is 0.667. The molecule has 0 bridgehead atoms. The van der Waals surface area contributed by atoms with Gasteiger partial charge in [-0.25, -0.2) is 4.79 Å². The number of carboxylic acid groups (broad SMARTS) is 1. The number of carboxylic acids is 1. The normalized spacial score (nSPS) is 17.7. The standard InChI is InChI=1S/C15H22N2O4/c1-10-12(4-5-13(18)19)11(2)17(14(20)16-10)15(3)6-8-21-9-7-15/h4-9H2,1-3H3,(H,18,19). The van der Waals surface area contributed by atoms with Crippen LogP contribution in [-0.2, 0) is 21.5 Å². The number of aliphatic carboxylic acids is 1. The van der Waals surface area contributed by atoms with Gasteiger partial charge in [0.05, 0.1) is 5.54 Å². The van der Waals surface area contributed by atoms with Gasteiger partial charge in [0.25, 0.3) is 0 Å². The molecule has 0 amide bonds. The van der Waals surface area contributed by atoms with E-state index >= 15 is 0 Å². The van der Waals surface area contributed by atoms with Crippen LogP contribution in [0.15, 0.2) is 4.79 Å². The lowest BCUT2D eigenvalue weighted by Gasteiger charge is -2.37. The van der Waals surface area contributed by atoms with Gasteiger partial charge in [0.15, 0.2) is 0 Å². The summed E-state index contributed by atoms with van der Waals surface area (Å²) in [6.07, 6.45) is 1.96. The van der Waals surface area contributed by atoms with Crippen LogP contribution in [0.5, 0.6) is 0 Å². The molecule has 6 nitrogen and oxygen atoms in total. The average molecular weight is 294 g/mol. The van der Waals surface area contributed by atoms with Crippen molar-refractivity contribution in [2.45, 2.75) is 52.0 Å².